The molecule has 0 aromatic heterocycles. The summed E-state index contributed by atoms with van der Waals surface area (Å²) in [4.78, 5) is 22.6. The zero-order valence-electron chi connectivity index (χ0n) is 11.7. The Morgan fingerprint density at radius 2 is 2.15 bits per heavy atom. The van der Waals surface area contributed by atoms with Gasteiger partial charge < -0.3 is 14.2 Å². The summed E-state index contributed by atoms with van der Waals surface area (Å²) in [5.74, 6) is 1.34. The van der Waals surface area contributed by atoms with Gasteiger partial charge in [-0.3, -0.25) is 9.59 Å². The lowest BCUT2D eigenvalue weighted by Crippen LogP contribution is -2.34. The van der Waals surface area contributed by atoms with Gasteiger partial charge in [-0.05, 0) is 24.7 Å². The highest BCUT2D eigenvalue weighted by Gasteiger charge is 2.59. The minimum Gasteiger partial charge on any atom is -0.488 e. The Balaban J connectivity index is 1.44. The molecule has 2 bridgehead atoms. The molecule has 2 saturated carbocycles. The molecule has 3 fully saturated rings. The number of hydrogen-bond acceptors (Lipinski definition) is 5. The molecule has 1 heterocycles. The zero-order valence-corrected chi connectivity index (χ0v) is 11.7. The van der Waals surface area contributed by atoms with E-state index in [9.17, 15) is 9.59 Å². The van der Waals surface area contributed by atoms with Crippen LogP contribution in [0.3, 0.4) is 0 Å². The van der Waals surface area contributed by atoms with Gasteiger partial charge in [-0.1, -0.05) is 6.58 Å². The first-order valence-corrected chi connectivity index (χ1v) is 7.19. The number of Topliss-reactive ketones (excluding diaryl/α,β-unsaturated/α-hetero) is 1. The molecule has 0 amide bonds. The van der Waals surface area contributed by atoms with Crippen LogP contribution in [0.2, 0.25) is 0 Å². The Labute approximate surface area is 118 Å². The fourth-order valence-electron chi connectivity index (χ4n) is 3.96. The van der Waals surface area contributed by atoms with Gasteiger partial charge in [0.2, 0.25) is 0 Å². The average Bonchev–Trinajstić information content (AvgIpc) is 3.07. The molecule has 20 heavy (non-hydrogen) atoms. The number of cyclic esters (lactones) is 1. The van der Waals surface area contributed by atoms with E-state index in [2.05, 4.69) is 6.58 Å². The molecule has 1 saturated heterocycles. The van der Waals surface area contributed by atoms with Crippen molar-refractivity contribution >= 4 is 11.8 Å². The smallest absolute Gasteiger partial charge is 0.309 e. The number of carbonyl (C=O) groups excluding carboxylic acids is 2. The van der Waals surface area contributed by atoms with Gasteiger partial charge >= 0.3 is 5.97 Å². The van der Waals surface area contributed by atoms with Crippen molar-refractivity contribution in [1.82, 2.24) is 0 Å². The van der Waals surface area contributed by atoms with E-state index in [1.807, 2.05) is 0 Å². The molecule has 5 unspecified atom stereocenters. The number of ether oxygens (including phenoxy) is 3. The molecule has 0 aromatic rings. The maximum absolute atomic E-state index is 11.6. The molecular weight excluding hydrogens is 260 g/mol. The summed E-state index contributed by atoms with van der Waals surface area (Å²) in [7, 11) is 0. The molecule has 0 aromatic carbocycles. The van der Waals surface area contributed by atoms with Crippen LogP contribution in [0.25, 0.3) is 0 Å². The van der Waals surface area contributed by atoms with E-state index in [0.717, 1.165) is 12.8 Å². The quantitative estimate of drug-likeness (QED) is 0.318. The molecule has 0 N–H and O–H groups in total. The van der Waals surface area contributed by atoms with E-state index < -0.39 is 0 Å². The third-order valence-electron chi connectivity index (χ3n) is 4.88. The van der Waals surface area contributed by atoms with Crippen LogP contribution in [0.1, 0.15) is 19.8 Å². The van der Waals surface area contributed by atoms with Gasteiger partial charge in [0.15, 0.2) is 11.5 Å². The SMILES string of the molecule is C=C(OCCOC1CC2CC1C1COC(=O)C21)C(C)=O. The van der Waals surface area contributed by atoms with Crippen molar-refractivity contribution in [2.75, 3.05) is 19.8 Å². The molecule has 5 nitrogen and oxygen atoms in total. The predicted octanol–water partition coefficient (Wildman–Crippen LogP) is 1.32. The second-order valence-corrected chi connectivity index (χ2v) is 5.95. The lowest BCUT2D eigenvalue weighted by molar-refractivity contribution is -0.142. The van der Waals surface area contributed by atoms with Crippen molar-refractivity contribution in [3.05, 3.63) is 12.3 Å². The van der Waals surface area contributed by atoms with Crippen molar-refractivity contribution in [1.29, 1.82) is 0 Å². The van der Waals surface area contributed by atoms with Gasteiger partial charge in [-0.2, -0.15) is 0 Å². The Kier molecular flexibility index (Phi) is 3.54. The van der Waals surface area contributed by atoms with Gasteiger partial charge in [-0.15, -0.1) is 0 Å². The third kappa shape index (κ3) is 2.24. The van der Waals surface area contributed by atoms with E-state index in [1.54, 1.807) is 0 Å². The second kappa shape index (κ2) is 5.20. The average molecular weight is 280 g/mol. The topological polar surface area (TPSA) is 61.8 Å². The monoisotopic (exact) mass is 280 g/mol. The Bertz CT molecular complexity index is 444. The molecule has 0 spiro atoms. The zero-order chi connectivity index (χ0) is 14.3. The Morgan fingerprint density at radius 3 is 2.90 bits per heavy atom. The Morgan fingerprint density at radius 1 is 1.35 bits per heavy atom. The third-order valence-corrected chi connectivity index (χ3v) is 4.88. The maximum atomic E-state index is 11.6. The van der Waals surface area contributed by atoms with E-state index in [1.165, 1.54) is 6.92 Å². The van der Waals surface area contributed by atoms with Crippen LogP contribution < -0.4 is 0 Å². The number of fused-ring (bicyclic) bond motifs is 5. The minimum atomic E-state index is -0.158. The standard InChI is InChI=1S/C15H20O5/c1-8(16)9(2)18-3-4-19-13-6-10-5-11(13)12-7-20-15(17)14(10)12/h10-14H,2-7H2,1H3. The van der Waals surface area contributed by atoms with E-state index in [-0.39, 0.29) is 29.5 Å². The van der Waals surface area contributed by atoms with Gasteiger partial charge in [0.25, 0.3) is 0 Å². The van der Waals surface area contributed by atoms with E-state index in [4.69, 9.17) is 14.2 Å². The van der Waals surface area contributed by atoms with E-state index in [0.29, 0.717) is 37.6 Å². The summed E-state index contributed by atoms with van der Waals surface area (Å²) in [6.07, 6.45) is 2.22. The van der Waals surface area contributed by atoms with Crippen molar-refractivity contribution in [2.45, 2.75) is 25.9 Å². The first-order chi connectivity index (χ1) is 9.58. The van der Waals surface area contributed by atoms with E-state index >= 15 is 0 Å². The van der Waals surface area contributed by atoms with Crippen LogP contribution in [0.5, 0.6) is 0 Å². The van der Waals surface area contributed by atoms with Crippen molar-refractivity contribution in [3.8, 4) is 0 Å². The number of allylic oxidation sites excluding steroid dienone is 1. The summed E-state index contributed by atoms with van der Waals surface area (Å²) in [5, 5.41) is 0. The second-order valence-electron chi connectivity index (χ2n) is 5.95. The molecule has 1 aliphatic heterocycles. The summed E-state index contributed by atoms with van der Waals surface area (Å²) >= 11 is 0. The highest BCUT2D eigenvalue weighted by Crippen LogP contribution is 2.55. The van der Waals surface area contributed by atoms with Gasteiger partial charge in [0.05, 0.1) is 25.2 Å². The van der Waals surface area contributed by atoms with Crippen LogP contribution in [0.15, 0.2) is 12.3 Å². The number of rotatable bonds is 6. The van der Waals surface area contributed by atoms with Crippen LogP contribution >= 0.6 is 0 Å². The number of esters is 1. The lowest BCUT2D eigenvalue weighted by Gasteiger charge is -2.28. The molecule has 3 rings (SSSR count). The highest BCUT2D eigenvalue weighted by molar-refractivity contribution is 5.90. The van der Waals surface area contributed by atoms with Crippen LogP contribution in [0.4, 0.5) is 0 Å². The van der Waals surface area contributed by atoms with Crippen LogP contribution in [-0.4, -0.2) is 37.7 Å². The van der Waals surface area contributed by atoms with Crippen molar-refractivity contribution < 1.29 is 23.8 Å². The number of carbonyl (C=O) groups is 2. The fourth-order valence-corrected chi connectivity index (χ4v) is 3.96. The number of ketones is 1. The first-order valence-electron chi connectivity index (χ1n) is 7.19. The summed E-state index contributed by atoms with van der Waals surface area (Å²) in [5.41, 5.74) is 0. The highest BCUT2D eigenvalue weighted by atomic mass is 16.5. The largest absolute Gasteiger partial charge is 0.488 e. The lowest BCUT2D eigenvalue weighted by atomic mass is 9.80. The van der Waals surface area contributed by atoms with Crippen molar-refractivity contribution in [3.63, 3.8) is 0 Å². The molecule has 2 aliphatic carbocycles. The van der Waals surface area contributed by atoms with Crippen molar-refractivity contribution in [2.24, 2.45) is 23.7 Å². The molecule has 5 heteroatoms. The molecular formula is C15H20O5. The van der Waals surface area contributed by atoms with Gasteiger partial charge in [0, 0.05) is 12.8 Å². The predicted molar refractivity (Wildman–Crippen MR) is 69.7 cm³/mol. The first kappa shape index (κ1) is 13.6. The van der Waals surface area contributed by atoms with Crippen LogP contribution in [-0.2, 0) is 23.8 Å². The summed E-state index contributed by atoms with van der Waals surface area (Å²) in [6.45, 7) is 6.31. The van der Waals surface area contributed by atoms with Crippen LogP contribution in [0, 0.1) is 23.7 Å². The summed E-state index contributed by atoms with van der Waals surface area (Å²) in [6, 6.07) is 0. The normalized spacial score (nSPS) is 37.6. The molecule has 3 aliphatic rings. The fraction of sp³-hybridized carbons (Fsp3) is 0.733. The van der Waals surface area contributed by atoms with Gasteiger partial charge in [-0.25, -0.2) is 0 Å². The molecule has 0 radical (unpaired) electrons. The number of hydrogen-bond donors (Lipinski definition) is 0. The maximum Gasteiger partial charge on any atom is 0.309 e. The molecule has 110 valence electrons. The summed E-state index contributed by atoms with van der Waals surface area (Å²) < 4.78 is 16.2. The van der Waals surface area contributed by atoms with Gasteiger partial charge in [0.1, 0.15) is 6.61 Å². The Hall–Kier alpha value is -1.36. The minimum absolute atomic E-state index is 0.0120. The molecule has 5 atom stereocenters.